The number of anilines is 2. The normalized spacial score (nSPS) is 14.3. The summed E-state index contributed by atoms with van der Waals surface area (Å²) in [7, 11) is 8.27. The molecule has 0 spiro atoms. The van der Waals surface area contributed by atoms with Gasteiger partial charge in [-0.15, -0.1) is 13.9 Å². The second kappa shape index (κ2) is 15.3. The van der Waals surface area contributed by atoms with Gasteiger partial charge in [-0.2, -0.15) is 10.1 Å². The molecule has 2 N–H and O–H groups in total. The maximum atomic E-state index is 12.8. The standard InChI is InChI=1S/C23H22N8O4S3.2ClH.Fe/c1-14-18(20(24)31(28-14)16-7-5-4-6-8-16)23(36)37-30-27-15-9-11-17(12-10-15)38(32,33)29-21-19(34-2)22(35-3)26-13-25-21;;;/h4-13,24,36H,1-3H3,(H,25,26,29);2*1H;/q;;;+3/p-3/b23-18-,24-20?,30-27?;;;. The minimum atomic E-state index is -3.99. The van der Waals surface area contributed by atoms with Crippen LogP contribution in [0.15, 0.2) is 90.4 Å². The summed E-state index contributed by atoms with van der Waals surface area (Å²) in [4.78, 5) is 7.78. The first kappa shape index (κ1) is 32.5. The van der Waals surface area contributed by atoms with Crippen molar-refractivity contribution in [2.24, 2.45) is 14.7 Å². The van der Waals surface area contributed by atoms with Crippen LogP contribution in [0.2, 0.25) is 0 Å². The number of para-hydroxylation sites is 1. The van der Waals surface area contributed by atoms with Gasteiger partial charge in [-0.1, -0.05) is 18.2 Å². The summed E-state index contributed by atoms with van der Waals surface area (Å²) < 4.78 is 42.7. The molecular formula is C23H21Cl2FeN8O4S3. The molecule has 0 saturated heterocycles. The molecule has 0 saturated carbocycles. The molecule has 0 bridgehead atoms. The monoisotopic (exact) mass is 695 g/mol. The fraction of sp³-hybridized carbons (Fsp3) is 0.130. The summed E-state index contributed by atoms with van der Waals surface area (Å²) in [6.45, 7) is 1.77. The molecule has 1 aromatic heterocycles. The zero-order valence-corrected chi connectivity index (χ0v) is 26.5. The van der Waals surface area contributed by atoms with Crippen molar-refractivity contribution in [1.29, 1.82) is 5.41 Å². The molecule has 0 unspecified atom stereocenters. The molecule has 0 aliphatic carbocycles. The zero-order chi connectivity index (χ0) is 30.0. The zero-order valence-electron chi connectivity index (χ0n) is 21.4. The molecule has 0 atom stereocenters. The van der Waals surface area contributed by atoms with Gasteiger partial charge in [-0.25, -0.2) is 18.4 Å². The number of methoxy groups -OCH3 is 2. The molecule has 0 amide bonds. The fourth-order valence-corrected chi connectivity index (χ4v) is 5.22. The van der Waals surface area contributed by atoms with Crippen LogP contribution in [0.5, 0.6) is 11.6 Å². The quantitative estimate of drug-likeness (QED) is 0.118. The van der Waals surface area contributed by atoms with Crippen molar-refractivity contribution in [3.05, 3.63) is 70.7 Å². The average Bonchev–Trinajstić information content (AvgIpc) is 3.27. The molecule has 1 aliphatic heterocycles. The molecular weight excluding hydrogens is 675 g/mol. The second-order valence-electron chi connectivity index (χ2n) is 7.53. The van der Waals surface area contributed by atoms with E-state index in [1.165, 1.54) is 43.5 Å². The summed E-state index contributed by atoms with van der Waals surface area (Å²) in [5, 5.41) is 18.5. The predicted molar refractivity (Wildman–Crippen MR) is 160 cm³/mol. The Morgan fingerprint density at radius 1 is 1.10 bits per heavy atom. The van der Waals surface area contributed by atoms with E-state index in [1.54, 1.807) is 6.92 Å². The first-order valence-corrected chi connectivity index (χ1v) is 16.8. The second-order valence-corrected chi connectivity index (χ2v) is 12.5. The van der Waals surface area contributed by atoms with Gasteiger partial charge in [-0.05, 0) is 43.3 Å². The molecule has 0 radical (unpaired) electrons. The van der Waals surface area contributed by atoms with Crippen LogP contribution in [-0.4, -0.2) is 44.2 Å². The topological polar surface area (TPSA) is 155 Å². The Morgan fingerprint density at radius 3 is 2.37 bits per heavy atom. The number of nitrogens with one attached hydrogen (secondary N) is 2. The third kappa shape index (κ3) is 8.29. The molecule has 2 heterocycles. The van der Waals surface area contributed by atoms with Gasteiger partial charge in [0.05, 0.1) is 36.2 Å². The van der Waals surface area contributed by atoms with Crippen molar-refractivity contribution in [3.8, 4) is 11.6 Å². The Kier molecular flexibility index (Phi) is 12.1. The molecule has 0 fully saturated rings. The number of halogens is 2. The number of amidine groups is 1. The van der Waals surface area contributed by atoms with Crippen LogP contribution >= 0.6 is 32.1 Å². The number of ether oxygens (including phenoxy) is 2. The number of sulfonamides is 1. The van der Waals surface area contributed by atoms with Gasteiger partial charge in [0, 0.05) is 17.5 Å². The van der Waals surface area contributed by atoms with E-state index in [1.807, 2.05) is 30.3 Å². The molecule has 217 valence electrons. The van der Waals surface area contributed by atoms with E-state index in [0.29, 0.717) is 21.2 Å². The number of nitrogens with zero attached hydrogens (tertiary/aromatic N) is 6. The fourth-order valence-electron chi connectivity index (χ4n) is 3.32. The maximum absolute atomic E-state index is 12.8. The van der Waals surface area contributed by atoms with Gasteiger partial charge >= 0.3 is 33.3 Å². The van der Waals surface area contributed by atoms with Gasteiger partial charge in [0.15, 0.2) is 11.7 Å². The summed E-state index contributed by atoms with van der Waals surface area (Å²) in [5.74, 6) is 0.234. The number of hydrazone groups is 1. The number of aromatic nitrogens is 2. The van der Waals surface area contributed by atoms with E-state index in [9.17, 15) is 8.42 Å². The van der Waals surface area contributed by atoms with E-state index >= 15 is 0 Å². The summed E-state index contributed by atoms with van der Waals surface area (Å²) in [5.41, 5.74) is 2.26. The molecule has 18 heteroatoms. The van der Waals surface area contributed by atoms with E-state index in [-0.39, 0.29) is 41.3 Å². The van der Waals surface area contributed by atoms with E-state index < -0.39 is 10.0 Å². The van der Waals surface area contributed by atoms with Gasteiger partial charge in [0.25, 0.3) is 15.9 Å². The van der Waals surface area contributed by atoms with Crippen LogP contribution in [0.25, 0.3) is 0 Å². The molecule has 1 aliphatic rings. The van der Waals surface area contributed by atoms with E-state index in [2.05, 4.69) is 29.4 Å². The number of rotatable bonds is 9. The van der Waals surface area contributed by atoms with Crippen molar-refractivity contribution in [3.63, 3.8) is 0 Å². The first-order valence-electron chi connectivity index (χ1n) is 11.1. The average molecular weight is 696 g/mol. The van der Waals surface area contributed by atoms with Crippen LogP contribution in [0.4, 0.5) is 17.2 Å². The van der Waals surface area contributed by atoms with Crippen LogP contribution < -0.4 is 19.2 Å². The van der Waals surface area contributed by atoms with Gasteiger partial charge < -0.3 is 22.1 Å². The SMILES string of the molecule is COc1ncnc(NS(=O)(=O)c2ccc(N=NS/C([S-])=C3\C(=N)N(c4ccccc4)N=C3C)cc2)c1OC.[Cl][Fe+][Cl]. The predicted octanol–water partition coefficient (Wildman–Crippen LogP) is 6.03. The van der Waals surface area contributed by atoms with Crippen molar-refractivity contribution in [2.75, 3.05) is 24.0 Å². The van der Waals surface area contributed by atoms with Gasteiger partial charge in [0.1, 0.15) is 6.33 Å². The van der Waals surface area contributed by atoms with Crippen molar-refractivity contribution in [1.82, 2.24) is 9.97 Å². The Labute approximate surface area is 261 Å². The molecule has 41 heavy (non-hydrogen) atoms. The number of hydrogen-bond acceptors (Lipinski definition) is 12. The molecule has 2 aromatic carbocycles. The van der Waals surface area contributed by atoms with Gasteiger partial charge in [0.2, 0.25) is 5.75 Å². The minimum absolute atomic E-state index is 0.0259. The Balaban J connectivity index is 0.00000147. The number of hydrogen-bond donors (Lipinski definition) is 2. The van der Waals surface area contributed by atoms with E-state index in [4.69, 9.17) is 47.7 Å². The third-order valence-corrected chi connectivity index (χ3v) is 7.41. The first-order chi connectivity index (χ1) is 19.7. The van der Waals surface area contributed by atoms with Crippen molar-refractivity contribution < 1.29 is 31.0 Å². The molecule has 4 rings (SSSR count). The Hall–Kier alpha value is -2.98. The van der Waals surface area contributed by atoms with E-state index in [0.717, 1.165) is 24.0 Å². The third-order valence-electron chi connectivity index (χ3n) is 5.09. The molecule has 12 nitrogen and oxygen atoms in total. The van der Waals surface area contributed by atoms with Crippen molar-refractivity contribution >= 4 is 83.5 Å². The van der Waals surface area contributed by atoms with Crippen molar-refractivity contribution in [2.45, 2.75) is 11.8 Å². The van der Waals surface area contributed by atoms with Gasteiger partial charge in [-0.3, -0.25) is 10.1 Å². The molecule has 3 aromatic rings. The summed E-state index contributed by atoms with van der Waals surface area (Å²) >= 11 is 6.58. The number of benzene rings is 2. The summed E-state index contributed by atoms with van der Waals surface area (Å²) in [6.07, 6.45) is 1.16. The van der Waals surface area contributed by atoms with Crippen LogP contribution in [-0.2, 0) is 35.8 Å². The van der Waals surface area contributed by atoms with Crippen LogP contribution in [0, 0.1) is 5.41 Å². The van der Waals surface area contributed by atoms with Crippen LogP contribution in [0.3, 0.4) is 0 Å². The van der Waals surface area contributed by atoms with Crippen LogP contribution in [0.1, 0.15) is 6.92 Å². The Bertz CT molecular complexity index is 1580. The Morgan fingerprint density at radius 2 is 1.76 bits per heavy atom. The summed E-state index contributed by atoms with van der Waals surface area (Å²) in [6, 6.07) is 15.1.